The summed E-state index contributed by atoms with van der Waals surface area (Å²) in [7, 11) is 0. The van der Waals surface area contributed by atoms with E-state index < -0.39 is 0 Å². The second-order valence-electron chi connectivity index (χ2n) is 10.1. The maximum Gasteiger partial charge on any atom is 0.0741 e. The molecule has 1 heteroatoms. The summed E-state index contributed by atoms with van der Waals surface area (Å²) in [6.45, 7) is 4.32. The van der Waals surface area contributed by atoms with E-state index in [0.717, 1.165) is 6.42 Å². The van der Waals surface area contributed by atoms with Crippen molar-refractivity contribution in [3.8, 4) is 22.3 Å². The van der Waals surface area contributed by atoms with E-state index >= 15 is 0 Å². The molecule has 1 spiro atoms. The van der Waals surface area contributed by atoms with Crippen LogP contribution in [0.15, 0.2) is 137 Å². The van der Waals surface area contributed by atoms with Crippen molar-refractivity contribution in [3.05, 3.63) is 155 Å². The van der Waals surface area contributed by atoms with Crippen molar-refractivity contribution >= 4 is 11.8 Å². The molecule has 37 heavy (non-hydrogen) atoms. The Kier molecular flexibility index (Phi) is 5.23. The van der Waals surface area contributed by atoms with Crippen LogP contribution in [0.3, 0.4) is 0 Å². The fourth-order valence-corrected chi connectivity index (χ4v) is 7.57. The molecule has 2 aliphatic rings. The quantitative estimate of drug-likeness (QED) is 0.221. The van der Waals surface area contributed by atoms with Crippen molar-refractivity contribution in [1.29, 1.82) is 0 Å². The molecule has 0 fully saturated rings. The van der Waals surface area contributed by atoms with Crippen LogP contribution in [0, 0.1) is 0 Å². The van der Waals surface area contributed by atoms with Crippen LogP contribution in [0.2, 0.25) is 0 Å². The van der Waals surface area contributed by atoms with Crippen molar-refractivity contribution in [1.82, 2.24) is 0 Å². The van der Waals surface area contributed by atoms with E-state index in [2.05, 4.69) is 135 Å². The highest BCUT2D eigenvalue weighted by molar-refractivity contribution is 7.99. The third kappa shape index (κ3) is 3.24. The van der Waals surface area contributed by atoms with Crippen LogP contribution < -0.4 is 0 Å². The van der Waals surface area contributed by atoms with E-state index in [1.807, 2.05) is 11.8 Å². The van der Waals surface area contributed by atoms with Gasteiger partial charge in [0.2, 0.25) is 0 Å². The number of hydrogen-bond acceptors (Lipinski definition) is 1. The molecule has 0 N–H and O–H groups in total. The predicted octanol–water partition coefficient (Wildman–Crippen LogP) is 9.69. The lowest BCUT2D eigenvalue weighted by molar-refractivity contribution is 0.724. The summed E-state index contributed by atoms with van der Waals surface area (Å²) in [4.78, 5) is 2.69. The molecular formula is C36H28S. The summed E-state index contributed by atoms with van der Waals surface area (Å²) < 4.78 is 0. The van der Waals surface area contributed by atoms with Crippen LogP contribution in [0.4, 0.5) is 0 Å². The van der Waals surface area contributed by atoms with E-state index in [-0.39, 0.29) is 5.41 Å². The zero-order chi connectivity index (χ0) is 25.0. The smallest absolute Gasteiger partial charge is 0.0741 e. The Morgan fingerprint density at radius 1 is 0.622 bits per heavy atom. The molecule has 178 valence electrons. The lowest BCUT2D eigenvalue weighted by Crippen LogP contribution is -2.32. The van der Waals surface area contributed by atoms with Gasteiger partial charge < -0.3 is 0 Å². The summed E-state index contributed by atoms with van der Waals surface area (Å²) in [6.07, 6.45) is 3.20. The van der Waals surface area contributed by atoms with Crippen molar-refractivity contribution < 1.29 is 0 Å². The fraction of sp³-hybridized carbons (Fsp3) is 0.111. The second kappa shape index (κ2) is 8.64. The van der Waals surface area contributed by atoms with Crippen molar-refractivity contribution in [2.75, 3.05) is 0 Å². The summed E-state index contributed by atoms with van der Waals surface area (Å²) in [5.74, 6) is 0. The molecule has 0 aromatic heterocycles. The maximum absolute atomic E-state index is 2.35. The van der Waals surface area contributed by atoms with Crippen LogP contribution >= 0.6 is 11.8 Å². The summed E-state index contributed by atoms with van der Waals surface area (Å²) >= 11 is 1.90. The highest BCUT2D eigenvalue weighted by atomic mass is 32.2. The Hall–Kier alpha value is -3.81. The average molecular weight is 493 g/mol. The fourth-order valence-electron chi connectivity index (χ4n) is 6.38. The van der Waals surface area contributed by atoms with Gasteiger partial charge in [0.05, 0.1) is 5.41 Å². The average Bonchev–Trinajstić information content (AvgIpc) is 3.25. The molecule has 0 amide bonds. The Morgan fingerprint density at radius 3 is 1.86 bits per heavy atom. The molecule has 1 aliphatic heterocycles. The van der Waals surface area contributed by atoms with Gasteiger partial charge in [0, 0.05) is 9.79 Å². The number of rotatable bonds is 3. The third-order valence-corrected chi connectivity index (χ3v) is 9.26. The van der Waals surface area contributed by atoms with Gasteiger partial charge >= 0.3 is 0 Å². The molecular weight excluding hydrogens is 464 g/mol. The molecule has 1 aliphatic carbocycles. The van der Waals surface area contributed by atoms with Gasteiger partial charge in [0.1, 0.15) is 0 Å². The first-order valence-electron chi connectivity index (χ1n) is 13.0. The van der Waals surface area contributed by atoms with Crippen LogP contribution in [0.5, 0.6) is 0 Å². The van der Waals surface area contributed by atoms with Gasteiger partial charge in [-0.3, -0.25) is 0 Å². The first-order valence-corrected chi connectivity index (χ1v) is 13.8. The van der Waals surface area contributed by atoms with Gasteiger partial charge in [-0.05, 0) is 82.5 Å². The minimum absolute atomic E-state index is 0.346. The first kappa shape index (κ1) is 22.4. The van der Waals surface area contributed by atoms with Crippen molar-refractivity contribution in [3.63, 3.8) is 0 Å². The molecule has 0 radical (unpaired) electrons. The third-order valence-electron chi connectivity index (χ3n) is 8.10. The van der Waals surface area contributed by atoms with E-state index in [1.54, 1.807) is 0 Å². The minimum Gasteiger partial charge on any atom is -0.0894 e. The predicted molar refractivity (Wildman–Crippen MR) is 156 cm³/mol. The molecule has 5 aromatic carbocycles. The van der Waals surface area contributed by atoms with Gasteiger partial charge in [0.25, 0.3) is 0 Å². The van der Waals surface area contributed by atoms with Crippen LogP contribution in [-0.2, 0) is 11.8 Å². The molecule has 0 bridgehead atoms. The topological polar surface area (TPSA) is 0 Å². The van der Waals surface area contributed by atoms with Gasteiger partial charge in [0.15, 0.2) is 0 Å². The van der Waals surface area contributed by atoms with Gasteiger partial charge in [-0.25, -0.2) is 0 Å². The SMILES string of the molecule is C/C=C(\C)Cc1ccc(-c2cccc3c2C2(c4ccccc4Sc4ccccc42)c2ccccc2-3)cc1. The monoisotopic (exact) mass is 492 g/mol. The summed E-state index contributed by atoms with van der Waals surface area (Å²) in [5, 5.41) is 0. The molecule has 1 heterocycles. The molecule has 0 nitrogen and oxygen atoms in total. The highest BCUT2D eigenvalue weighted by Crippen LogP contribution is 2.63. The molecule has 0 atom stereocenters. The highest BCUT2D eigenvalue weighted by Gasteiger charge is 2.51. The van der Waals surface area contributed by atoms with E-state index in [4.69, 9.17) is 0 Å². The number of benzene rings is 5. The maximum atomic E-state index is 2.35. The standard InChI is InChI=1S/C36H28S/c1-3-24(2)23-25-19-21-26(22-20-25)27-12-10-13-29-28-11-4-5-14-30(28)36(35(27)29)31-15-6-8-17-33(31)37-34-18-9-7-16-32(34)36/h3-22H,23H2,1-2H3/b24-3+. The Bertz CT molecular complexity index is 1640. The molecule has 5 aromatic rings. The second-order valence-corrected chi connectivity index (χ2v) is 11.2. The molecule has 0 saturated heterocycles. The number of fused-ring (bicyclic) bond motifs is 9. The van der Waals surface area contributed by atoms with Crippen LogP contribution in [0.1, 0.15) is 41.7 Å². The van der Waals surface area contributed by atoms with Crippen LogP contribution in [0.25, 0.3) is 22.3 Å². The van der Waals surface area contributed by atoms with E-state index in [1.165, 1.54) is 65.4 Å². The Balaban J connectivity index is 1.56. The largest absolute Gasteiger partial charge is 0.0894 e. The summed E-state index contributed by atoms with van der Waals surface area (Å²) in [6, 6.07) is 43.2. The lowest BCUT2D eigenvalue weighted by atomic mass is 9.66. The lowest BCUT2D eigenvalue weighted by Gasteiger charge is -2.40. The van der Waals surface area contributed by atoms with E-state index in [0.29, 0.717) is 0 Å². The van der Waals surface area contributed by atoms with Crippen molar-refractivity contribution in [2.45, 2.75) is 35.5 Å². The minimum atomic E-state index is -0.346. The molecule has 0 saturated carbocycles. The zero-order valence-electron chi connectivity index (χ0n) is 21.2. The zero-order valence-corrected chi connectivity index (χ0v) is 22.0. The Labute approximate surface area is 223 Å². The molecule has 7 rings (SSSR count). The number of allylic oxidation sites excluding steroid dienone is 2. The van der Waals surface area contributed by atoms with E-state index in [9.17, 15) is 0 Å². The molecule has 0 unspecified atom stereocenters. The van der Waals surface area contributed by atoms with Gasteiger partial charge in [-0.1, -0.05) is 127 Å². The Morgan fingerprint density at radius 2 is 1.19 bits per heavy atom. The van der Waals surface area contributed by atoms with Gasteiger partial charge in [-0.2, -0.15) is 0 Å². The van der Waals surface area contributed by atoms with Crippen LogP contribution in [-0.4, -0.2) is 0 Å². The van der Waals surface area contributed by atoms with Gasteiger partial charge in [-0.15, -0.1) is 0 Å². The number of hydrogen-bond donors (Lipinski definition) is 0. The van der Waals surface area contributed by atoms with Crippen molar-refractivity contribution in [2.24, 2.45) is 0 Å². The first-order chi connectivity index (χ1) is 18.2. The summed E-state index contributed by atoms with van der Waals surface area (Å²) in [5.41, 5.74) is 13.3. The normalized spacial score (nSPS) is 14.6.